The molecule has 0 radical (unpaired) electrons. The molecule has 140 valence electrons. The molecule has 0 aliphatic heterocycles. The van der Waals surface area contributed by atoms with Crippen molar-refractivity contribution < 1.29 is 8.42 Å². The quantitative estimate of drug-likeness (QED) is 0.381. The first-order valence-corrected chi connectivity index (χ1v) is 10.6. The maximum Gasteiger partial charge on any atom is 0.238 e. The van der Waals surface area contributed by atoms with Crippen molar-refractivity contribution in [2.45, 2.75) is 28.5 Å². The van der Waals surface area contributed by atoms with Crippen molar-refractivity contribution >= 4 is 27.7 Å². The molecule has 0 heterocycles. The third-order valence-electron chi connectivity index (χ3n) is 3.57. The molecule has 4 N–H and O–H groups in total. The summed E-state index contributed by atoms with van der Waals surface area (Å²) in [5.41, 5.74) is 0.937. The van der Waals surface area contributed by atoms with E-state index in [1.807, 2.05) is 18.2 Å². The molecule has 1 atom stereocenters. The Morgan fingerprint density at radius 1 is 1.12 bits per heavy atom. The molecule has 0 aromatic heterocycles. The highest BCUT2D eigenvalue weighted by Gasteiger charge is 2.08. The average Bonchev–Trinajstić information content (AvgIpc) is 2.62. The second-order valence-electron chi connectivity index (χ2n) is 5.74. The molecule has 0 fully saturated rings. The number of benzene rings is 2. The molecular formula is C18H24N4O2S2. The van der Waals surface area contributed by atoms with Gasteiger partial charge in [0.15, 0.2) is 5.96 Å². The minimum Gasteiger partial charge on any atom is -0.355 e. The number of rotatable bonds is 7. The fourth-order valence-electron chi connectivity index (χ4n) is 2.22. The van der Waals surface area contributed by atoms with Gasteiger partial charge in [-0.25, -0.2) is 13.6 Å². The molecule has 0 aliphatic rings. The fraction of sp³-hybridized carbons (Fsp3) is 0.278. The number of guanidine groups is 1. The maximum atomic E-state index is 11.3. The van der Waals surface area contributed by atoms with Gasteiger partial charge in [0.05, 0.1) is 4.90 Å². The lowest BCUT2D eigenvalue weighted by Gasteiger charge is -2.16. The number of hydrogen-bond donors (Lipinski definition) is 3. The van der Waals surface area contributed by atoms with Crippen molar-refractivity contribution in [1.29, 1.82) is 0 Å². The number of thioether (sulfide) groups is 1. The highest BCUT2D eigenvalue weighted by molar-refractivity contribution is 8.00. The molecular weight excluding hydrogens is 368 g/mol. The Balaban J connectivity index is 1.80. The standard InChI is InChI=1S/C18H24N4O2S2/c1-14(25-16-6-4-3-5-7-16)12-21-18(20-2)22-13-15-8-10-17(11-9-15)26(19,23)24/h3-11,14H,12-13H2,1-2H3,(H2,19,23,24)(H2,20,21,22). The number of primary sulfonamides is 1. The van der Waals surface area contributed by atoms with Crippen LogP contribution in [0.5, 0.6) is 0 Å². The van der Waals surface area contributed by atoms with Gasteiger partial charge in [-0.3, -0.25) is 4.99 Å². The second kappa shape index (κ2) is 9.61. The Morgan fingerprint density at radius 2 is 1.77 bits per heavy atom. The van der Waals surface area contributed by atoms with E-state index in [1.165, 1.54) is 17.0 Å². The van der Waals surface area contributed by atoms with Crippen LogP contribution in [0.4, 0.5) is 0 Å². The average molecular weight is 393 g/mol. The van der Waals surface area contributed by atoms with Crippen molar-refractivity contribution in [3.05, 3.63) is 60.2 Å². The Kier molecular flexibility index (Phi) is 7.50. The summed E-state index contributed by atoms with van der Waals surface area (Å²) in [5.74, 6) is 0.695. The highest BCUT2D eigenvalue weighted by Crippen LogP contribution is 2.21. The maximum absolute atomic E-state index is 11.3. The molecule has 6 nitrogen and oxygen atoms in total. The van der Waals surface area contributed by atoms with E-state index in [-0.39, 0.29) is 4.90 Å². The van der Waals surface area contributed by atoms with Gasteiger partial charge in [0.2, 0.25) is 10.0 Å². The van der Waals surface area contributed by atoms with Crippen LogP contribution in [0, 0.1) is 0 Å². The number of nitrogens with one attached hydrogen (secondary N) is 2. The van der Waals surface area contributed by atoms with E-state index < -0.39 is 10.0 Å². The van der Waals surface area contributed by atoms with Crippen molar-refractivity contribution in [2.75, 3.05) is 13.6 Å². The van der Waals surface area contributed by atoms with Gasteiger partial charge in [0.1, 0.15) is 0 Å². The van der Waals surface area contributed by atoms with E-state index in [2.05, 4.69) is 34.7 Å². The summed E-state index contributed by atoms with van der Waals surface area (Å²) in [5, 5.41) is 12.0. The highest BCUT2D eigenvalue weighted by atomic mass is 32.2. The van der Waals surface area contributed by atoms with E-state index in [9.17, 15) is 8.42 Å². The van der Waals surface area contributed by atoms with Gasteiger partial charge >= 0.3 is 0 Å². The lowest BCUT2D eigenvalue weighted by Crippen LogP contribution is -2.39. The van der Waals surface area contributed by atoms with E-state index in [0.717, 1.165) is 12.1 Å². The van der Waals surface area contributed by atoms with Crippen LogP contribution in [0.3, 0.4) is 0 Å². The third-order valence-corrected chi connectivity index (χ3v) is 5.62. The SMILES string of the molecule is CN=C(NCc1ccc(S(N)(=O)=O)cc1)NCC(C)Sc1ccccc1. The topological polar surface area (TPSA) is 96.6 Å². The zero-order valence-electron chi connectivity index (χ0n) is 14.8. The van der Waals surface area contributed by atoms with Gasteiger partial charge in [-0.1, -0.05) is 37.3 Å². The van der Waals surface area contributed by atoms with Gasteiger partial charge in [-0.2, -0.15) is 0 Å². The summed E-state index contributed by atoms with van der Waals surface area (Å²) in [4.78, 5) is 5.55. The molecule has 0 amide bonds. The van der Waals surface area contributed by atoms with Crippen LogP contribution in [-0.2, 0) is 16.6 Å². The van der Waals surface area contributed by atoms with Gasteiger partial charge < -0.3 is 10.6 Å². The molecule has 0 saturated heterocycles. The second-order valence-corrected chi connectivity index (χ2v) is 8.81. The molecule has 0 saturated carbocycles. The van der Waals surface area contributed by atoms with Crippen LogP contribution in [0.2, 0.25) is 0 Å². The van der Waals surface area contributed by atoms with Crippen molar-refractivity contribution in [3.8, 4) is 0 Å². The number of hydrogen-bond acceptors (Lipinski definition) is 4. The Hall–Kier alpha value is -2.03. The molecule has 26 heavy (non-hydrogen) atoms. The largest absolute Gasteiger partial charge is 0.355 e. The van der Waals surface area contributed by atoms with Crippen LogP contribution in [0.15, 0.2) is 69.4 Å². The first-order valence-electron chi connectivity index (χ1n) is 8.16. The Labute approximate surface area is 159 Å². The van der Waals surface area contributed by atoms with Crippen LogP contribution < -0.4 is 15.8 Å². The van der Waals surface area contributed by atoms with Crippen LogP contribution in [0.1, 0.15) is 12.5 Å². The van der Waals surface area contributed by atoms with Crippen molar-refractivity contribution in [2.24, 2.45) is 10.1 Å². The molecule has 8 heteroatoms. The Bertz CT molecular complexity index is 822. The number of nitrogens with two attached hydrogens (primary N) is 1. The van der Waals surface area contributed by atoms with Gasteiger partial charge in [-0.05, 0) is 29.8 Å². The van der Waals surface area contributed by atoms with Gasteiger partial charge in [-0.15, -0.1) is 11.8 Å². The third kappa shape index (κ3) is 6.70. The lowest BCUT2D eigenvalue weighted by molar-refractivity contribution is 0.597. The van der Waals surface area contributed by atoms with Gasteiger partial charge in [0.25, 0.3) is 0 Å². The van der Waals surface area contributed by atoms with Crippen LogP contribution in [0.25, 0.3) is 0 Å². The summed E-state index contributed by atoms with van der Waals surface area (Å²) >= 11 is 1.80. The molecule has 2 aromatic rings. The summed E-state index contributed by atoms with van der Waals surface area (Å²) in [6, 6.07) is 16.7. The van der Waals surface area contributed by atoms with E-state index >= 15 is 0 Å². The zero-order chi connectivity index (χ0) is 19.0. The minimum absolute atomic E-state index is 0.107. The predicted octanol–water partition coefficient (Wildman–Crippen LogP) is 2.18. The smallest absolute Gasteiger partial charge is 0.238 e. The Morgan fingerprint density at radius 3 is 2.35 bits per heavy atom. The summed E-state index contributed by atoms with van der Waals surface area (Å²) < 4.78 is 22.5. The van der Waals surface area contributed by atoms with Gasteiger partial charge in [0, 0.05) is 30.3 Å². The van der Waals surface area contributed by atoms with E-state index in [0.29, 0.717) is 17.8 Å². The number of sulfonamides is 1. The zero-order valence-corrected chi connectivity index (χ0v) is 16.5. The van der Waals surface area contributed by atoms with Crippen LogP contribution in [-0.4, -0.2) is 33.2 Å². The fourth-order valence-corrected chi connectivity index (χ4v) is 3.68. The van der Waals surface area contributed by atoms with Crippen LogP contribution >= 0.6 is 11.8 Å². The van der Waals surface area contributed by atoms with Crippen molar-refractivity contribution in [3.63, 3.8) is 0 Å². The van der Waals surface area contributed by atoms with Crippen molar-refractivity contribution in [1.82, 2.24) is 10.6 Å². The van der Waals surface area contributed by atoms with E-state index in [1.54, 1.807) is 30.9 Å². The summed E-state index contributed by atoms with van der Waals surface area (Å²) in [7, 11) is -1.94. The normalized spacial score (nSPS) is 13.3. The molecule has 1 unspecified atom stereocenters. The lowest BCUT2D eigenvalue weighted by atomic mass is 10.2. The summed E-state index contributed by atoms with van der Waals surface area (Å²) in [6.45, 7) is 3.46. The molecule has 2 aromatic carbocycles. The van der Waals surface area contributed by atoms with E-state index in [4.69, 9.17) is 5.14 Å². The number of nitrogens with zero attached hydrogens (tertiary/aromatic N) is 1. The molecule has 0 spiro atoms. The monoisotopic (exact) mass is 392 g/mol. The molecule has 0 bridgehead atoms. The number of aliphatic imine (C=N–C) groups is 1. The minimum atomic E-state index is -3.66. The predicted molar refractivity (Wildman–Crippen MR) is 108 cm³/mol. The first kappa shape index (κ1) is 20.3. The first-order chi connectivity index (χ1) is 12.4. The molecule has 2 rings (SSSR count). The molecule has 0 aliphatic carbocycles. The summed E-state index contributed by atoms with van der Waals surface area (Å²) in [6.07, 6.45) is 0.